The molecule has 2 radical (unpaired) electrons. The van der Waals surface area contributed by atoms with Crippen molar-refractivity contribution in [2.75, 3.05) is 27.4 Å². The molecule has 122 valence electrons. The molecule has 0 saturated carbocycles. The molecular weight excluding hydrogens is 438 g/mol. The number of aliphatic hydroxyl groups excluding tert-OH is 2. The Hall–Kier alpha value is 0.668. The molecule has 0 rings (SSSR count). The van der Waals surface area contributed by atoms with Crippen molar-refractivity contribution in [1.82, 2.24) is 0 Å². The van der Waals surface area contributed by atoms with Gasteiger partial charge in [0, 0.05) is 65.4 Å². The molecule has 2 unspecified atom stereocenters. The minimum Gasteiger partial charge on any atom is -0.438 e. The smallest absolute Gasteiger partial charge is 0.438 e. The first-order valence-corrected chi connectivity index (χ1v) is 5.11. The second-order valence-corrected chi connectivity index (χ2v) is 3.23. The molecule has 21 heavy (non-hydrogen) atoms. The molecule has 0 bridgehead atoms. The van der Waals surface area contributed by atoms with Crippen molar-refractivity contribution >= 4 is 12.3 Å². The summed E-state index contributed by atoms with van der Waals surface area (Å²) in [5.41, 5.74) is 0. The summed E-state index contributed by atoms with van der Waals surface area (Å²) in [6, 6.07) is 0. The van der Waals surface area contributed by atoms with E-state index in [0.29, 0.717) is 0 Å². The molecule has 10 heteroatoms. The molecule has 0 amide bonds. The third kappa shape index (κ3) is 33.5. The van der Waals surface area contributed by atoms with E-state index in [9.17, 15) is 9.59 Å². The Morgan fingerprint density at radius 1 is 0.857 bits per heavy atom. The Bertz CT molecular complexity index is 212. The zero-order valence-corrected chi connectivity index (χ0v) is 17.7. The number of hydrogen-bond donors (Lipinski definition) is 2. The average molecular weight is 462 g/mol. The molecule has 0 aromatic carbocycles. The molecule has 8 nitrogen and oxygen atoms in total. The van der Waals surface area contributed by atoms with E-state index < -0.39 is 24.5 Å². The zero-order chi connectivity index (χ0) is 14.6. The van der Waals surface area contributed by atoms with Gasteiger partial charge in [0.2, 0.25) is 0 Å². The largest absolute Gasteiger partial charge is 0.508 e. The number of rotatable bonds is 4. The first kappa shape index (κ1) is 33.3. The third-order valence-corrected chi connectivity index (χ3v) is 1.22. The molecule has 0 aliphatic carbocycles. The molecule has 0 aliphatic heterocycles. The maximum Gasteiger partial charge on any atom is 0.508 e. The van der Waals surface area contributed by atoms with Gasteiger partial charge in [-0.05, 0) is 13.8 Å². The maximum atomic E-state index is 10.2. The summed E-state index contributed by atoms with van der Waals surface area (Å²) < 4.78 is 16.9. The van der Waals surface area contributed by atoms with Crippen molar-refractivity contribution in [3.63, 3.8) is 0 Å². The van der Waals surface area contributed by atoms with E-state index in [4.69, 9.17) is 10.2 Å². The molecule has 0 aromatic rings. The van der Waals surface area contributed by atoms with Gasteiger partial charge in [-0.2, -0.15) is 0 Å². The fourth-order valence-corrected chi connectivity index (χ4v) is 0.495. The van der Waals surface area contributed by atoms with Crippen LogP contribution in [0, 0.1) is 0 Å². The summed E-state index contributed by atoms with van der Waals surface area (Å²) in [4.78, 5) is 20.3. The number of hydrogen-bond acceptors (Lipinski definition) is 8. The van der Waals surface area contributed by atoms with Crippen LogP contribution in [0.15, 0.2) is 0 Å². The molecule has 2 N–H and O–H groups in total. The van der Waals surface area contributed by atoms with E-state index in [0.717, 1.165) is 0 Å². The maximum absolute atomic E-state index is 10.2. The van der Waals surface area contributed by atoms with Crippen molar-refractivity contribution < 1.29 is 104 Å². The fraction of sp³-hybridized carbons (Fsp3) is 0.818. The normalized spacial score (nSPS) is 10.6. The van der Waals surface area contributed by atoms with Gasteiger partial charge in [-0.1, -0.05) is 7.43 Å². The number of carbonyl (C=O) groups excluding carboxylic acids is 2. The van der Waals surface area contributed by atoms with Gasteiger partial charge in [-0.15, -0.1) is 0 Å². The van der Waals surface area contributed by atoms with Crippen molar-refractivity contribution in [3.05, 3.63) is 0 Å². The Balaban J connectivity index is -0.0000000711. The minimum atomic E-state index is -0.768. The summed E-state index contributed by atoms with van der Waals surface area (Å²) in [6.07, 6.45) is -2.81. The van der Waals surface area contributed by atoms with Crippen molar-refractivity contribution in [2.45, 2.75) is 33.5 Å². The predicted octanol–water partition coefficient (Wildman–Crippen LogP) is 0.931. The second-order valence-electron chi connectivity index (χ2n) is 3.23. The second kappa shape index (κ2) is 22.9. The van der Waals surface area contributed by atoms with Crippen LogP contribution in [-0.4, -0.2) is 62.2 Å². The van der Waals surface area contributed by atoms with Crippen molar-refractivity contribution in [1.29, 1.82) is 0 Å². The number of aliphatic hydroxyl groups is 2. The summed E-state index contributed by atoms with van der Waals surface area (Å²) in [5, 5.41) is 17.1. The molecular formula is C11H24O8Y2. The SMILES string of the molecule is C.COC(=O)OCC(C)O.COC(=O)OCC(C)O.[Y].[Y]. The number of methoxy groups -OCH3 is 2. The van der Waals surface area contributed by atoms with Crippen LogP contribution in [0.1, 0.15) is 21.3 Å². The van der Waals surface area contributed by atoms with Gasteiger partial charge in [-0.25, -0.2) is 9.59 Å². The van der Waals surface area contributed by atoms with Crippen LogP contribution >= 0.6 is 0 Å². The van der Waals surface area contributed by atoms with Gasteiger partial charge in [-0.3, -0.25) is 0 Å². The summed E-state index contributed by atoms with van der Waals surface area (Å²) >= 11 is 0. The van der Waals surface area contributed by atoms with Crippen molar-refractivity contribution in [3.8, 4) is 0 Å². The van der Waals surface area contributed by atoms with Gasteiger partial charge < -0.3 is 29.2 Å². The standard InChI is InChI=1S/2C5H10O4.CH4.2Y/c2*1-4(6)3-9-5(7)8-2;;;/h2*4,6H,3H2,1-2H3;1H4;;. The van der Waals surface area contributed by atoms with Crippen LogP contribution in [0.2, 0.25) is 0 Å². The molecule has 0 aliphatic rings. The monoisotopic (exact) mass is 462 g/mol. The van der Waals surface area contributed by atoms with E-state index in [-0.39, 0.29) is 86.1 Å². The van der Waals surface area contributed by atoms with E-state index in [1.54, 1.807) is 0 Å². The van der Waals surface area contributed by atoms with Crippen LogP contribution in [0.3, 0.4) is 0 Å². The molecule has 2 atom stereocenters. The third-order valence-electron chi connectivity index (χ3n) is 1.22. The van der Waals surface area contributed by atoms with E-state index in [1.807, 2.05) is 0 Å². The minimum absolute atomic E-state index is 0. The van der Waals surface area contributed by atoms with Gasteiger partial charge in [0.25, 0.3) is 0 Å². The van der Waals surface area contributed by atoms with Gasteiger partial charge in [0.15, 0.2) is 0 Å². The number of ether oxygens (including phenoxy) is 4. The Morgan fingerprint density at radius 2 is 1.10 bits per heavy atom. The van der Waals surface area contributed by atoms with Crippen LogP contribution in [-0.2, 0) is 84.4 Å². The van der Waals surface area contributed by atoms with E-state index in [1.165, 1.54) is 28.1 Å². The predicted molar refractivity (Wildman–Crippen MR) is 66.8 cm³/mol. The number of carbonyl (C=O) groups is 2. The van der Waals surface area contributed by atoms with E-state index in [2.05, 4.69) is 18.9 Å². The van der Waals surface area contributed by atoms with Gasteiger partial charge in [0.1, 0.15) is 13.2 Å². The molecule has 0 saturated heterocycles. The fourth-order valence-electron chi connectivity index (χ4n) is 0.495. The first-order valence-electron chi connectivity index (χ1n) is 5.11. The van der Waals surface area contributed by atoms with Crippen LogP contribution in [0.5, 0.6) is 0 Å². The summed E-state index contributed by atoms with van der Waals surface area (Å²) in [5.74, 6) is 0. The molecule has 0 aromatic heterocycles. The van der Waals surface area contributed by atoms with Gasteiger partial charge >= 0.3 is 12.3 Å². The first-order chi connectivity index (χ1) is 8.33. The molecule has 0 fully saturated rings. The Labute approximate surface area is 176 Å². The quantitative estimate of drug-likeness (QED) is 0.594. The average Bonchev–Trinajstić information content (AvgIpc) is 2.33. The Kier molecular flexibility index (Phi) is 36.4. The van der Waals surface area contributed by atoms with Gasteiger partial charge in [0.05, 0.1) is 26.4 Å². The van der Waals surface area contributed by atoms with Crippen LogP contribution in [0.4, 0.5) is 9.59 Å². The summed E-state index contributed by atoms with van der Waals surface area (Å²) in [6.45, 7) is 2.99. The Morgan fingerprint density at radius 3 is 1.24 bits per heavy atom. The van der Waals surface area contributed by atoms with Crippen LogP contribution in [0.25, 0.3) is 0 Å². The van der Waals surface area contributed by atoms with Crippen molar-refractivity contribution in [2.24, 2.45) is 0 Å². The zero-order valence-electron chi connectivity index (χ0n) is 12.1. The molecule has 0 spiro atoms. The van der Waals surface area contributed by atoms with E-state index >= 15 is 0 Å². The topological polar surface area (TPSA) is 112 Å². The summed E-state index contributed by atoms with van der Waals surface area (Å²) in [7, 11) is 2.43. The molecule has 0 heterocycles. The van der Waals surface area contributed by atoms with Crippen LogP contribution < -0.4 is 0 Å².